The Morgan fingerprint density at radius 1 is 0.488 bits per heavy atom. The number of rotatable bonds is 6. The average Bonchev–Trinajstić information content (AvgIpc) is 4.29. The number of hydrogen-bond acceptors (Lipinski definition) is 15. The minimum absolute atomic E-state index is 0.143. The molecule has 3 aromatic heterocycles. The van der Waals surface area contributed by atoms with Gasteiger partial charge in [-0.25, -0.2) is 28.4 Å². The van der Waals surface area contributed by atoms with Gasteiger partial charge in [-0.1, -0.05) is 102 Å². The molecule has 3 saturated heterocycles. The maximum Gasteiger partial charge on any atom is 0.351 e. The van der Waals surface area contributed by atoms with Crippen LogP contribution in [0.5, 0.6) is 0 Å². The molecule has 6 aromatic carbocycles. The standard InChI is InChI=1S/2C20H15N3O4.C14H10IN3O.C6H6O3/c2*21-18(24)17-15-6-1-2-7-16(15)23(22-17)14-5-3-4-13(12-14)8-9-20(26)10-11-27-19(20)25;15-9-4-3-5-10(8-9)18-12-7-2-1-6-11(12)13(17-18)14(16)19;1-2-6(8)3-4-9-5(6)7/h2*1-7,12,26H,10-11H2,(H2,21,24);1-8H,(H2,16,19);1,8H,3-4H2/t2*20-;;/m10../s1. The first-order chi connectivity index (χ1) is 39.3. The number of cyclic esters (lactones) is 3. The maximum absolute atomic E-state index is 11.7. The second-order valence-corrected chi connectivity index (χ2v) is 19.6. The molecule has 3 aliphatic heterocycles. The second kappa shape index (κ2) is 23.7. The van der Waals surface area contributed by atoms with Gasteiger partial charge in [-0.3, -0.25) is 14.4 Å². The van der Waals surface area contributed by atoms with Crippen LogP contribution in [0.25, 0.3) is 49.8 Å². The van der Waals surface area contributed by atoms with Crippen LogP contribution >= 0.6 is 22.6 Å². The number of aromatic nitrogens is 6. The largest absolute Gasteiger partial charge is 0.463 e. The van der Waals surface area contributed by atoms with Gasteiger partial charge in [0, 0.05) is 50.1 Å². The Bertz CT molecular complexity index is 4050. The molecule has 0 spiro atoms. The first kappa shape index (κ1) is 56.6. The molecule has 0 saturated carbocycles. The number of nitrogens with two attached hydrogens (primary N) is 3. The number of terminal acetylenes is 1. The zero-order chi connectivity index (χ0) is 58.3. The van der Waals surface area contributed by atoms with Crippen molar-refractivity contribution in [1.29, 1.82) is 0 Å². The third-order valence-corrected chi connectivity index (χ3v) is 13.5. The van der Waals surface area contributed by atoms with E-state index in [4.69, 9.17) is 38.2 Å². The second-order valence-electron chi connectivity index (χ2n) is 18.4. The number of hydrogen-bond donors (Lipinski definition) is 6. The highest BCUT2D eigenvalue weighted by Crippen LogP contribution is 2.27. The molecule has 82 heavy (non-hydrogen) atoms. The van der Waals surface area contributed by atoms with Gasteiger partial charge in [-0.05, 0) is 95.4 Å². The molecule has 0 bridgehead atoms. The van der Waals surface area contributed by atoms with Crippen LogP contribution in [0.15, 0.2) is 146 Å². The topological polar surface area (TPSA) is 322 Å². The Hall–Kier alpha value is -10.2. The molecule has 3 atom stereocenters. The molecule has 1 unspecified atom stereocenters. The zero-order valence-electron chi connectivity index (χ0n) is 43.0. The van der Waals surface area contributed by atoms with Crippen LogP contribution in [-0.4, -0.2) is 117 Å². The highest BCUT2D eigenvalue weighted by atomic mass is 127. The predicted molar refractivity (Wildman–Crippen MR) is 306 cm³/mol. The summed E-state index contributed by atoms with van der Waals surface area (Å²) in [5.74, 6) is 8.89. The summed E-state index contributed by atoms with van der Waals surface area (Å²) in [6.45, 7) is 0.526. The SMILES string of the molecule is C#CC1(O)CCOC1=O.NC(=O)c1nn(-c2cccc(C#C[C@@]3(O)CCOC3=O)c2)c2ccccc12.NC(=O)c1nn(-c2cccc(C#C[C@]3(O)CCOC3=O)c2)c2ccccc12.NC(=O)c1nn(-c2cccc(I)c2)c2ccccc12. The molecule has 0 aliphatic carbocycles. The van der Waals surface area contributed by atoms with Gasteiger partial charge in [-0.15, -0.1) is 6.42 Å². The van der Waals surface area contributed by atoms with Crippen molar-refractivity contribution in [2.75, 3.05) is 19.8 Å². The van der Waals surface area contributed by atoms with Gasteiger partial charge in [-0.2, -0.15) is 15.3 Å². The summed E-state index contributed by atoms with van der Waals surface area (Å²) >= 11 is 2.24. The van der Waals surface area contributed by atoms with Crippen LogP contribution in [-0.2, 0) is 28.6 Å². The molecule has 12 rings (SSSR count). The third-order valence-electron chi connectivity index (χ3n) is 12.9. The highest BCUT2D eigenvalue weighted by Gasteiger charge is 2.42. The molecule has 3 amide bonds. The van der Waals surface area contributed by atoms with Crippen molar-refractivity contribution in [1.82, 2.24) is 29.3 Å². The molecule has 9 aromatic rings. The molecule has 22 heteroatoms. The summed E-state index contributed by atoms with van der Waals surface area (Å²) in [6, 6.07) is 44.2. The molecule has 9 N–H and O–H groups in total. The predicted octanol–water partition coefficient (Wildman–Crippen LogP) is 4.33. The van der Waals surface area contributed by atoms with Gasteiger partial charge in [0.15, 0.2) is 17.1 Å². The van der Waals surface area contributed by atoms with Gasteiger partial charge >= 0.3 is 17.9 Å². The summed E-state index contributed by atoms with van der Waals surface area (Å²) in [6.07, 6.45) is 5.35. The number of carbonyl (C=O) groups excluding carboxylic acids is 6. The fraction of sp³-hybridized carbons (Fsp3) is 0.150. The molecule has 3 aliphatic rings. The number of halogens is 1. The molecule has 6 heterocycles. The van der Waals surface area contributed by atoms with E-state index in [1.54, 1.807) is 62.6 Å². The van der Waals surface area contributed by atoms with Crippen molar-refractivity contribution < 1.29 is 58.3 Å². The first-order valence-corrected chi connectivity index (χ1v) is 25.9. The number of primary amides is 3. The van der Waals surface area contributed by atoms with Crippen LogP contribution in [0.2, 0.25) is 0 Å². The fourth-order valence-electron chi connectivity index (χ4n) is 8.62. The van der Waals surface area contributed by atoms with E-state index in [0.717, 1.165) is 31.2 Å². The molecule has 21 nitrogen and oxygen atoms in total. The van der Waals surface area contributed by atoms with E-state index in [1.165, 1.54) is 0 Å². The van der Waals surface area contributed by atoms with Gasteiger partial charge in [0.25, 0.3) is 17.7 Å². The number of esters is 3. The quantitative estimate of drug-likeness (QED) is 0.0584. The number of carbonyl (C=O) groups is 6. The van der Waals surface area contributed by atoms with Crippen LogP contribution in [0.3, 0.4) is 0 Å². The average molecular weight is 1210 g/mol. The lowest BCUT2D eigenvalue weighted by atomic mass is 10.0. The van der Waals surface area contributed by atoms with Crippen molar-refractivity contribution in [2.45, 2.75) is 36.1 Å². The minimum Gasteiger partial charge on any atom is -0.463 e. The van der Waals surface area contributed by atoms with E-state index in [1.807, 2.05) is 103 Å². The Morgan fingerprint density at radius 2 is 0.817 bits per heavy atom. The van der Waals surface area contributed by atoms with Crippen molar-refractivity contribution in [3.63, 3.8) is 0 Å². The Labute approximate surface area is 479 Å². The summed E-state index contributed by atoms with van der Waals surface area (Å²) in [5, 5.41) is 44.5. The number of fused-ring (bicyclic) bond motifs is 3. The van der Waals surface area contributed by atoms with Crippen molar-refractivity contribution >= 4 is 90.9 Å². The molecule has 0 radical (unpaired) electrons. The normalized spacial score (nSPS) is 18.5. The van der Waals surface area contributed by atoms with E-state index in [0.29, 0.717) is 39.0 Å². The van der Waals surface area contributed by atoms with Gasteiger partial charge in [0.2, 0.25) is 16.8 Å². The number of ether oxygens (including phenoxy) is 3. The van der Waals surface area contributed by atoms with Crippen LogP contribution in [0.1, 0.15) is 61.9 Å². The summed E-state index contributed by atoms with van der Waals surface area (Å²) in [7, 11) is 0. The van der Waals surface area contributed by atoms with Crippen molar-refractivity contribution in [3.05, 3.63) is 177 Å². The van der Waals surface area contributed by atoms with Gasteiger partial charge in [0.1, 0.15) is 0 Å². The van der Waals surface area contributed by atoms with Gasteiger partial charge < -0.3 is 46.7 Å². The Morgan fingerprint density at radius 3 is 1.12 bits per heavy atom. The number of aliphatic hydroxyl groups is 3. The van der Waals surface area contributed by atoms with Crippen LogP contribution in [0, 0.1) is 39.6 Å². The molecular weight excluding hydrogens is 1170 g/mol. The summed E-state index contributed by atoms with van der Waals surface area (Å²) < 4.78 is 20.1. The highest BCUT2D eigenvalue weighted by molar-refractivity contribution is 14.1. The number of nitrogens with zero attached hydrogens (tertiary/aromatic N) is 6. The van der Waals surface area contributed by atoms with Gasteiger partial charge in [0.05, 0.1) is 53.4 Å². The summed E-state index contributed by atoms with van der Waals surface area (Å²) in [5.41, 5.74) is 17.5. The van der Waals surface area contributed by atoms with E-state index in [-0.39, 0.29) is 50.5 Å². The Balaban J connectivity index is 0.000000139. The minimum atomic E-state index is -1.77. The lowest BCUT2D eigenvalue weighted by molar-refractivity contribution is -0.149. The molecule has 410 valence electrons. The Kier molecular flexibility index (Phi) is 16.3. The van der Waals surface area contributed by atoms with Crippen LogP contribution in [0.4, 0.5) is 0 Å². The van der Waals surface area contributed by atoms with E-state index >= 15 is 0 Å². The van der Waals surface area contributed by atoms with Crippen LogP contribution < -0.4 is 17.2 Å². The first-order valence-electron chi connectivity index (χ1n) is 24.8. The molecular formula is C60H46IN9O12. The third kappa shape index (κ3) is 11.9. The van der Waals surface area contributed by atoms with E-state index < -0.39 is 52.4 Å². The number of benzene rings is 6. The number of para-hydroxylation sites is 3. The van der Waals surface area contributed by atoms with Crippen molar-refractivity contribution in [3.8, 4) is 53.1 Å². The van der Waals surface area contributed by atoms with E-state index in [9.17, 15) is 39.0 Å². The zero-order valence-corrected chi connectivity index (χ0v) is 45.1. The maximum atomic E-state index is 11.7. The summed E-state index contributed by atoms with van der Waals surface area (Å²) in [4.78, 5) is 68.5. The molecule has 3 fully saturated rings. The van der Waals surface area contributed by atoms with Crippen molar-refractivity contribution in [2.24, 2.45) is 17.2 Å². The number of amides is 3. The smallest absolute Gasteiger partial charge is 0.351 e. The lowest BCUT2D eigenvalue weighted by Gasteiger charge is -2.08. The lowest BCUT2D eigenvalue weighted by Crippen LogP contribution is -2.31. The monoisotopic (exact) mass is 1210 g/mol. The fourth-order valence-corrected chi connectivity index (χ4v) is 9.15. The van der Waals surface area contributed by atoms with E-state index in [2.05, 4.69) is 66.3 Å².